The van der Waals surface area contributed by atoms with Gasteiger partial charge in [-0.05, 0) is 6.92 Å². The fraction of sp³-hybridized carbons (Fsp3) is 0.800. The summed E-state index contributed by atoms with van der Waals surface area (Å²) in [7, 11) is -3.17. The van der Waals surface area contributed by atoms with Crippen molar-refractivity contribution in [3.05, 3.63) is 0 Å². The minimum atomic E-state index is -3.17. The fourth-order valence-corrected chi connectivity index (χ4v) is 1.05. The van der Waals surface area contributed by atoms with Gasteiger partial charge in [-0.25, -0.2) is 13.1 Å². The van der Waals surface area contributed by atoms with E-state index in [1.807, 2.05) is 0 Å². The Labute approximate surface area is 66.0 Å². The number of sulfonamides is 1. The van der Waals surface area contributed by atoms with Gasteiger partial charge in [-0.2, -0.15) is 0 Å². The Balaban J connectivity index is 3.63. The second-order valence-corrected chi connectivity index (χ2v) is 4.11. The van der Waals surface area contributed by atoms with E-state index in [0.29, 0.717) is 0 Å². The average Bonchev–Trinajstić information content (AvgIpc) is 1.87. The van der Waals surface area contributed by atoms with Crippen LogP contribution in [-0.2, 0) is 14.8 Å². The maximum Gasteiger partial charge on any atom is 0.218 e. The molecule has 0 aromatic rings. The predicted molar refractivity (Wildman–Crippen MR) is 41.3 cm³/mol. The minimum absolute atomic E-state index is 0.0196. The second kappa shape index (κ2) is 4.30. The SMILES string of the molecule is CCS(=O)(=O)NCCC(N)=O. The quantitative estimate of drug-likeness (QED) is 0.557. The number of nitrogens with two attached hydrogens (primary N) is 1. The molecule has 0 fully saturated rings. The van der Waals surface area contributed by atoms with Crippen LogP contribution in [0.3, 0.4) is 0 Å². The van der Waals surface area contributed by atoms with Crippen molar-refractivity contribution in [1.82, 2.24) is 4.72 Å². The van der Waals surface area contributed by atoms with Crippen LogP contribution in [0.5, 0.6) is 0 Å². The average molecular weight is 180 g/mol. The molecule has 0 bridgehead atoms. The maximum absolute atomic E-state index is 10.7. The molecule has 0 spiro atoms. The molecule has 0 aromatic carbocycles. The lowest BCUT2D eigenvalue weighted by Crippen LogP contribution is -2.29. The Morgan fingerprint density at radius 2 is 2.09 bits per heavy atom. The molecule has 0 atom stereocenters. The van der Waals surface area contributed by atoms with Crippen LogP contribution in [0.2, 0.25) is 0 Å². The van der Waals surface area contributed by atoms with Gasteiger partial charge in [-0.3, -0.25) is 4.79 Å². The third kappa shape index (κ3) is 5.81. The van der Waals surface area contributed by atoms with Crippen molar-refractivity contribution in [3.63, 3.8) is 0 Å². The first-order chi connectivity index (χ1) is 4.98. The number of primary amides is 1. The summed E-state index contributed by atoms with van der Waals surface area (Å²) in [5.41, 5.74) is 4.79. The van der Waals surface area contributed by atoms with Crippen molar-refractivity contribution < 1.29 is 13.2 Å². The molecule has 0 aliphatic carbocycles. The molecular formula is C5H12N2O3S. The molecule has 66 valence electrons. The topological polar surface area (TPSA) is 89.3 Å². The molecule has 0 rings (SSSR count). The molecule has 0 aromatic heterocycles. The summed E-state index contributed by atoms with van der Waals surface area (Å²) in [6.07, 6.45) is 0.0409. The molecule has 0 unspecified atom stereocenters. The summed E-state index contributed by atoms with van der Waals surface area (Å²) >= 11 is 0. The first kappa shape index (κ1) is 10.4. The van der Waals surface area contributed by atoms with Crippen molar-refractivity contribution in [2.75, 3.05) is 12.3 Å². The molecule has 1 amide bonds. The summed E-state index contributed by atoms with van der Waals surface area (Å²) in [5, 5.41) is 0. The van der Waals surface area contributed by atoms with E-state index in [0.717, 1.165) is 0 Å². The predicted octanol–water partition coefficient (Wildman–Crippen LogP) is -1.20. The zero-order chi connectivity index (χ0) is 8.91. The third-order valence-electron chi connectivity index (χ3n) is 1.07. The van der Waals surface area contributed by atoms with E-state index >= 15 is 0 Å². The van der Waals surface area contributed by atoms with Gasteiger partial charge in [0.05, 0.1) is 5.75 Å². The molecule has 11 heavy (non-hydrogen) atoms. The smallest absolute Gasteiger partial charge is 0.218 e. The van der Waals surface area contributed by atoms with Gasteiger partial charge >= 0.3 is 0 Å². The Bertz CT molecular complexity index is 222. The number of amides is 1. The Hall–Kier alpha value is -0.620. The van der Waals surface area contributed by atoms with Gasteiger partial charge in [0, 0.05) is 13.0 Å². The molecule has 0 aliphatic rings. The highest BCUT2D eigenvalue weighted by Gasteiger charge is 2.05. The maximum atomic E-state index is 10.7. The van der Waals surface area contributed by atoms with E-state index in [9.17, 15) is 13.2 Å². The highest BCUT2D eigenvalue weighted by molar-refractivity contribution is 7.89. The second-order valence-electron chi connectivity index (χ2n) is 2.01. The molecule has 5 nitrogen and oxygen atoms in total. The lowest BCUT2D eigenvalue weighted by Gasteiger charge is -2.00. The zero-order valence-electron chi connectivity index (χ0n) is 6.33. The molecular weight excluding hydrogens is 168 g/mol. The number of carbonyl (C=O) groups excluding carboxylic acids is 1. The summed E-state index contributed by atoms with van der Waals surface area (Å²) in [6, 6.07) is 0. The van der Waals surface area contributed by atoms with Crippen molar-refractivity contribution in [3.8, 4) is 0 Å². The van der Waals surface area contributed by atoms with Crippen LogP contribution in [0.15, 0.2) is 0 Å². The molecule has 3 N–H and O–H groups in total. The molecule has 0 saturated heterocycles. The number of nitrogens with one attached hydrogen (secondary N) is 1. The molecule has 6 heteroatoms. The van der Waals surface area contributed by atoms with Crippen molar-refractivity contribution in [2.24, 2.45) is 5.73 Å². The third-order valence-corrected chi connectivity index (χ3v) is 2.48. The largest absolute Gasteiger partial charge is 0.370 e. The highest BCUT2D eigenvalue weighted by atomic mass is 32.2. The summed E-state index contributed by atoms with van der Waals surface area (Å²) in [4.78, 5) is 10.2. The van der Waals surface area contributed by atoms with Crippen LogP contribution >= 0.6 is 0 Å². The standard InChI is InChI=1S/C5H12N2O3S/c1-2-11(9,10)7-4-3-5(6)8/h7H,2-4H2,1H3,(H2,6,8). The highest BCUT2D eigenvalue weighted by Crippen LogP contribution is 1.82. The van der Waals surface area contributed by atoms with Gasteiger partial charge in [-0.15, -0.1) is 0 Å². The monoisotopic (exact) mass is 180 g/mol. The van der Waals surface area contributed by atoms with E-state index in [2.05, 4.69) is 4.72 Å². The van der Waals surface area contributed by atoms with E-state index in [-0.39, 0.29) is 18.7 Å². The fourth-order valence-electron chi connectivity index (χ4n) is 0.432. The van der Waals surface area contributed by atoms with Crippen molar-refractivity contribution in [2.45, 2.75) is 13.3 Å². The Morgan fingerprint density at radius 3 is 2.45 bits per heavy atom. The number of carbonyl (C=O) groups is 1. The van der Waals surface area contributed by atoms with Crippen LogP contribution in [-0.4, -0.2) is 26.6 Å². The van der Waals surface area contributed by atoms with Gasteiger partial charge < -0.3 is 5.73 Å². The van der Waals surface area contributed by atoms with Crippen molar-refractivity contribution in [1.29, 1.82) is 0 Å². The first-order valence-electron chi connectivity index (χ1n) is 3.23. The van der Waals surface area contributed by atoms with Gasteiger partial charge in [0.15, 0.2) is 0 Å². The lowest BCUT2D eigenvalue weighted by molar-refractivity contribution is -0.117. The molecule has 0 radical (unpaired) electrons. The minimum Gasteiger partial charge on any atom is -0.370 e. The normalized spacial score (nSPS) is 11.4. The zero-order valence-corrected chi connectivity index (χ0v) is 7.15. The van der Waals surface area contributed by atoms with Crippen LogP contribution in [0, 0.1) is 0 Å². The summed E-state index contributed by atoms with van der Waals surface area (Å²) in [6.45, 7) is 1.61. The van der Waals surface area contributed by atoms with Gasteiger partial charge in [0.1, 0.15) is 0 Å². The van der Waals surface area contributed by atoms with Crippen LogP contribution in [0.1, 0.15) is 13.3 Å². The van der Waals surface area contributed by atoms with Gasteiger partial charge in [-0.1, -0.05) is 0 Å². The first-order valence-corrected chi connectivity index (χ1v) is 4.89. The van der Waals surface area contributed by atoms with Crippen molar-refractivity contribution >= 4 is 15.9 Å². The summed E-state index contributed by atoms with van der Waals surface area (Å²) < 4.78 is 23.6. The lowest BCUT2D eigenvalue weighted by atomic mass is 10.4. The van der Waals surface area contributed by atoms with Crippen LogP contribution in [0.4, 0.5) is 0 Å². The van der Waals surface area contributed by atoms with E-state index in [4.69, 9.17) is 5.73 Å². The number of hydrogen-bond donors (Lipinski definition) is 2. The number of rotatable bonds is 5. The van der Waals surface area contributed by atoms with E-state index in [1.165, 1.54) is 6.92 Å². The Morgan fingerprint density at radius 1 is 1.55 bits per heavy atom. The molecule has 0 saturated carbocycles. The molecule has 0 aliphatic heterocycles. The van der Waals surface area contributed by atoms with Crippen LogP contribution < -0.4 is 10.5 Å². The van der Waals surface area contributed by atoms with Gasteiger partial charge in [0.2, 0.25) is 15.9 Å². The number of hydrogen-bond acceptors (Lipinski definition) is 3. The van der Waals surface area contributed by atoms with E-state index in [1.54, 1.807) is 0 Å². The van der Waals surface area contributed by atoms with Crippen LogP contribution in [0.25, 0.3) is 0 Å². The summed E-state index contributed by atoms with van der Waals surface area (Å²) in [5.74, 6) is -0.491. The molecule has 0 heterocycles. The van der Waals surface area contributed by atoms with Gasteiger partial charge in [0.25, 0.3) is 0 Å². The van der Waals surface area contributed by atoms with E-state index < -0.39 is 15.9 Å². The Kier molecular flexibility index (Phi) is 4.06.